The number of aliphatic carboxylic acids is 1. The molecule has 0 aromatic rings. The topological polar surface area (TPSA) is 52.6 Å². The molecule has 2 atom stereocenters. The lowest BCUT2D eigenvalue weighted by atomic mass is 9.96. The van der Waals surface area contributed by atoms with Crippen LogP contribution in [-0.2, 0) is 4.79 Å². The van der Waals surface area contributed by atoms with Gasteiger partial charge in [0.1, 0.15) is 6.04 Å². The predicted octanol–water partition coefficient (Wildman–Crippen LogP) is 1.31. The molecule has 4 heteroatoms. The zero-order valence-corrected chi connectivity index (χ0v) is 10.9. The van der Waals surface area contributed by atoms with Crippen molar-refractivity contribution in [2.75, 3.05) is 19.6 Å². The molecule has 0 amide bonds. The fourth-order valence-electron chi connectivity index (χ4n) is 3.24. The molecule has 0 aromatic carbocycles. The number of nitrogens with zero attached hydrogens (tertiary/aromatic N) is 1. The summed E-state index contributed by atoms with van der Waals surface area (Å²) in [5.41, 5.74) is 0.227. The summed E-state index contributed by atoms with van der Waals surface area (Å²) in [6, 6.07) is -0.295. The number of likely N-dealkylation sites (tertiary alicyclic amines) is 1. The van der Waals surface area contributed by atoms with Gasteiger partial charge in [0.15, 0.2) is 0 Å². The quantitative estimate of drug-likeness (QED) is 0.778. The molecule has 2 aliphatic heterocycles. The Balaban J connectivity index is 1.99. The maximum atomic E-state index is 11.4. The lowest BCUT2D eigenvalue weighted by molar-refractivity contribution is -0.143. The van der Waals surface area contributed by atoms with E-state index in [0.717, 1.165) is 32.5 Å². The molecule has 98 valence electrons. The molecule has 2 aliphatic rings. The highest BCUT2D eigenvalue weighted by Crippen LogP contribution is 2.32. The van der Waals surface area contributed by atoms with E-state index >= 15 is 0 Å². The van der Waals surface area contributed by atoms with E-state index in [1.54, 1.807) is 0 Å². The lowest BCUT2D eigenvalue weighted by Gasteiger charge is -2.28. The zero-order chi connectivity index (χ0) is 12.5. The molecule has 2 heterocycles. The second kappa shape index (κ2) is 4.94. The summed E-state index contributed by atoms with van der Waals surface area (Å²) in [7, 11) is 0. The molecule has 0 saturated carbocycles. The smallest absolute Gasteiger partial charge is 0.320 e. The number of carboxylic acids is 1. The van der Waals surface area contributed by atoms with Gasteiger partial charge in [-0.25, -0.2) is 0 Å². The van der Waals surface area contributed by atoms with Gasteiger partial charge in [0.2, 0.25) is 0 Å². The molecule has 2 saturated heterocycles. The molecule has 0 radical (unpaired) electrons. The molecule has 2 N–H and O–H groups in total. The highest BCUT2D eigenvalue weighted by Gasteiger charge is 2.43. The Hall–Kier alpha value is -0.610. The van der Waals surface area contributed by atoms with Crippen LogP contribution in [0, 0.1) is 5.92 Å². The van der Waals surface area contributed by atoms with Crippen molar-refractivity contribution < 1.29 is 9.90 Å². The minimum atomic E-state index is -0.659. The Bertz CT molecular complexity index is 285. The van der Waals surface area contributed by atoms with Crippen molar-refractivity contribution in [1.82, 2.24) is 10.2 Å². The normalized spacial score (nSPS) is 31.5. The molecule has 0 aliphatic carbocycles. The zero-order valence-electron chi connectivity index (χ0n) is 10.9. The fourth-order valence-corrected chi connectivity index (χ4v) is 3.24. The second-order valence-electron chi connectivity index (χ2n) is 6.01. The van der Waals surface area contributed by atoms with Gasteiger partial charge in [-0.15, -0.1) is 0 Å². The molecule has 4 nitrogen and oxygen atoms in total. The Morgan fingerprint density at radius 3 is 2.76 bits per heavy atom. The first kappa shape index (κ1) is 12.8. The molecular weight excluding hydrogens is 216 g/mol. The number of hydrogen-bond acceptors (Lipinski definition) is 3. The van der Waals surface area contributed by atoms with Crippen molar-refractivity contribution in [3.63, 3.8) is 0 Å². The summed E-state index contributed by atoms with van der Waals surface area (Å²) in [5.74, 6) is -0.224. The summed E-state index contributed by atoms with van der Waals surface area (Å²) in [6.45, 7) is 7.12. The first-order chi connectivity index (χ1) is 8.02. The van der Waals surface area contributed by atoms with Gasteiger partial charge in [0.05, 0.1) is 0 Å². The van der Waals surface area contributed by atoms with Gasteiger partial charge in [-0.3, -0.25) is 9.69 Å². The van der Waals surface area contributed by atoms with Gasteiger partial charge in [0, 0.05) is 18.6 Å². The third kappa shape index (κ3) is 2.80. The maximum absolute atomic E-state index is 11.4. The van der Waals surface area contributed by atoms with Gasteiger partial charge >= 0.3 is 5.97 Å². The monoisotopic (exact) mass is 240 g/mol. The van der Waals surface area contributed by atoms with Crippen LogP contribution < -0.4 is 5.32 Å². The van der Waals surface area contributed by atoms with Gasteiger partial charge in [-0.1, -0.05) is 13.8 Å². The van der Waals surface area contributed by atoms with Crippen molar-refractivity contribution in [2.24, 2.45) is 5.92 Å². The predicted molar refractivity (Wildman–Crippen MR) is 67.0 cm³/mol. The Morgan fingerprint density at radius 2 is 2.24 bits per heavy atom. The van der Waals surface area contributed by atoms with E-state index in [2.05, 4.69) is 24.1 Å². The average molecular weight is 240 g/mol. The van der Waals surface area contributed by atoms with Crippen LogP contribution in [-0.4, -0.2) is 47.2 Å². The number of carboxylic acid groups (broad SMARTS) is 1. The van der Waals surface area contributed by atoms with E-state index < -0.39 is 5.97 Å². The highest BCUT2D eigenvalue weighted by molar-refractivity contribution is 5.73. The molecule has 17 heavy (non-hydrogen) atoms. The number of nitrogens with one attached hydrogen (secondary N) is 1. The number of carbonyl (C=O) groups is 1. The van der Waals surface area contributed by atoms with Crippen LogP contribution in [0.15, 0.2) is 0 Å². The van der Waals surface area contributed by atoms with E-state index in [1.807, 2.05) is 0 Å². The summed E-state index contributed by atoms with van der Waals surface area (Å²) < 4.78 is 0. The van der Waals surface area contributed by atoms with E-state index in [1.165, 1.54) is 12.8 Å². The molecule has 0 bridgehead atoms. The Labute approximate surface area is 103 Å². The largest absolute Gasteiger partial charge is 0.480 e. The van der Waals surface area contributed by atoms with E-state index in [9.17, 15) is 9.90 Å². The lowest BCUT2D eigenvalue weighted by Crippen LogP contribution is -2.46. The number of rotatable bonds is 4. The summed E-state index contributed by atoms with van der Waals surface area (Å²) in [6.07, 6.45) is 4.30. The average Bonchev–Trinajstić information content (AvgIpc) is 2.86. The molecule has 2 fully saturated rings. The maximum Gasteiger partial charge on any atom is 0.320 e. The minimum absolute atomic E-state index is 0.227. The summed E-state index contributed by atoms with van der Waals surface area (Å²) >= 11 is 0. The van der Waals surface area contributed by atoms with Crippen molar-refractivity contribution in [2.45, 2.75) is 51.1 Å². The van der Waals surface area contributed by atoms with Crippen LogP contribution in [0.5, 0.6) is 0 Å². The van der Waals surface area contributed by atoms with Crippen LogP contribution in [0.4, 0.5) is 0 Å². The van der Waals surface area contributed by atoms with Gasteiger partial charge in [0.25, 0.3) is 0 Å². The van der Waals surface area contributed by atoms with E-state index in [4.69, 9.17) is 0 Å². The fraction of sp³-hybridized carbons (Fsp3) is 0.923. The third-order valence-corrected chi connectivity index (χ3v) is 4.14. The van der Waals surface area contributed by atoms with E-state index in [-0.39, 0.29) is 11.6 Å². The molecule has 1 spiro atoms. The van der Waals surface area contributed by atoms with Gasteiger partial charge < -0.3 is 10.4 Å². The third-order valence-electron chi connectivity index (χ3n) is 4.14. The van der Waals surface area contributed by atoms with Crippen molar-refractivity contribution in [3.8, 4) is 0 Å². The van der Waals surface area contributed by atoms with Crippen LogP contribution in [0.3, 0.4) is 0 Å². The van der Waals surface area contributed by atoms with Crippen LogP contribution in [0.1, 0.15) is 39.5 Å². The Kier molecular flexibility index (Phi) is 3.73. The summed E-state index contributed by atoms with van der Waals surface area (Å²) in [5, 5.41) is 12.9. The minimum Gasteiger partial charge on any atom is -0.480 e. The first-order valence-electron chi connectivity index (χ1n) is 6.74. The summed E-state index contributed by atoms with van der Waals surface area (Å²) in [4.78, 5) is 13.5. The molecule has 2 rings (SSSR count). The van der Waals surface area contributed by atoms with Crippen molar-refractivity contribution >= 4 is 5.97 Å². The SMILES string of the molecule is CC(C)CC(C(=O)O)N1CCC2(CCCN2)C1. The standard InChI is InChI=1S/C13H24N2O2/c1-10(2)8-11(12(16)17)15-7-5-13(9-15)4-3-6-14-13/h10-11,14H,3-9H2,1-2H3,(H,16,17). The second-order valence-corrected chi connectivity index (χ2v) is 6.01. The van der Waals surface area contributed by atoms with Crippen LogP contribution in [0.2, 0.25) is 0 Å². The Morgan fingerprint density at radius 1 is 1.47 bits per heavy atom. The molecule has 2 unspecified atom stereocenters. The van der Waals surface area contributed by atoms with Crippen LogP contribution >= 0.6 is 0 Å². The van der Waals surface area contributed by atoms with Crippen molar-refractivity contribution in [3.05, 3.63) is 0 Å². The van der Waals surface area contributed by atoms with Crippen molar-refractivity contribution in [1.29, 1.82) is 0 Å². The van der Waals surface area contributed by atoms with Crippen LogP contribution in [0.25, 0.3) is 0 Å². The van der Waals surface area contributed by atoms with E-state index in [0.29, 0.717) is 5.92 Å². The first-order valence-corrected chi connectivity index (χ1v) is 6.74. The van der Waals surface area contributed by atoms with Gasteiger partial charge in [-0.2, -0.15) is 0 Å². The van der Waals surface area contributed by atoms with Gasteiger partial charge in [-0.05, 0) is 38.1 Å². The highest BCUT2D eigenvalue weighted by atomic mass is 16.4. The molecular formula is C13H24N2O2. The molecule has 0 aromatic heterocycles. The number of hydrogen-bond donors (Lipinski definition) is 2.